The van der Waals surface area contributed by atoms with E-state index in [1.807, 2.05) is 6.07 Å². The minimum Gasteiger partial charge on any atom is -0.487 e. The van der Waals surface area contributed by atoms with Crippen molar-refractivity contribution in [1.29, 1.82) is 0 Å². The third-order valence-electron chi connectivity index (χ3n) is 7.63. The Labute approximate surface area is 227 Å². The highest BCUT2D eigenvalue weighted by atomic mass is 16.7. The van der Waals surface area contributed by atoms with Gasteiger partial charge in [0.1, 0.15) is 71.9 Å². The van der Waals surface area contributed by atoms with Gasteiger partial charge < -0.3 is 63.8 Å². The Morgan fingerprint density at radius 3 is 2.25 bits per heavy atom. The molecule has 7 N–H and O–H groups in total. The lowest BCUT2D eigenvalue weighted by molar-refractivity contribution is -0.369. The molecule has 11 atom stereocenters. The molecule has 3 aliphatic heterocycles. The maximum absolute atomic E-state index is 11.6. The molecule has 40 heavy (non-hydrogen) atoms. The number of hydrogen-bond donors (Lipinski definition) is 7. The molecule has 1 aromatic heterocycles. The van der Waals surface area contributed by atoms with Gasteiger partial charge in [0.25, 0.3) is 0 Å². The van der Waals surface area contributed by atoms with Crippen LogP contribution in [-0.2, 0) is 25.4 Å². The summed E-state index contributed by atoms with van der Waals surface area (Å²) >= 11 is 0. The van der Waals surface area contributed by atoms with E-state index >= 15 is 0 Å². The number of aliphatic hydroxyl groups is 7. The van der Waals surface area contributed by atoms with Crippen molar-refractivity contribution in [3.05, 3.63) is 40.2 Å². The van der Waals surface area contributed by atoms with Gasteiger partial charge in [0.15, 0.2) is 12.6 Å². The minimum absolute atomic E-state index is 0.371. The predicted molar refractivity (Wildman–Crippen MR) is 132 cm³/mol. The summed E-state index contributed by atoms with van der Waals surface area (Å²) in [6, 6.07) is 6.46. The van der Waals surface area contributed by atoms with Crippen LogP contribution >= 0.6 is 0 Å². The van der Waals surface area contributed by atoms with Crippen molar-refractivity contribution >= 4 is 11.0 Å². The molecule has 0 saturated carbocycles. The van der Waals surface area contributed by atoms with Crippen LogP contribution < -0.4 is 10.4 Å². The first kappa shape index (κ1) is 29.3. The monoisotopic (exact) mass is 570 g/mol. The first-order chi connectivity index (χ1) is 18.9. The third kappa shape index (κ3) is 5.37. The SMILES string of the molecule is CC(C)(O[C@@H]1O[C@H](CO)[C@@H](O[C@H]2O[C@H](CO)[C@@H](O)[C@H](O)[C@H]2O)[C@H](O)[C@H]1O)[C@H]1Cc2cc3ccc(=O)oc3cc2O1. The van der Waals surface area contributed by atoms with E-state index in [2.05, 4.69) is 0 Å². The number of hydrogen-bond acceptors (Lipinski definition) is 14. The summed E-state index contributed by atoms with van der Waals surface area (Å²) in [5, 5.41) is 72.1. The summed E-state index contributed by atoms with van der Waals surface area (Å²) in [5.74, 6) is 0.509. The highest BCUT2D eigenvalue weighted by molar-refractivity contribution is 5.79. The Morgan fingerprint density at radius 1 is 0.875 bits per heavy atom. The minimum atomic E-state index is -1.76. The molecular weight excluding hydrogens is 536 g/mol. The van der Waals surface area contributed by atoms with Gasteiger partial charge in [0.05, 0.1) is 13.2 Å². The quantitative estimate of drug-likeness (QED) is 0.172. The van der Waals surface area contributed by atoms with Gasteiger partial charge in [-0.1, -0.05) is 0 Å². The van der Waals surface area contributed by atoms with E-state index in [0.29, 0.717) is 17.8 Å². The van der Waals surface area contributed by atoms with Gasteiger partial charge in [-0.3, -0.25) is 0 Å². The zero-order valence-corrected chi connectivity index (χ0v) is 21.8. The second-order valence-corrected chi connectivity index (χ2v) is 10.8. The third-order valence-corrected chi connectivity index (χ3v) is 7.63. The molecule has 222 valence electrons. The van der Waals surface area contributed by atoms with Crippen molar-refractivity contribution in [1.82, 2.24) is 0 Å². The number of aliphatic hydroxyl groups excluding tert-OH is 7. The van der Waals surface area contributed by atoms with E-state index in [4.69, 9.17) is 28.1 Å². The lowest BCUT2D eigenvalue weighted by Crippen LogP contribution is -2.65. The molecule has 5 rings (SSSR count). The predicted octanol–water partition coefficient (Wildman–Crippen LogP) is -2.48. The van der Waals surface area contributed by atoms with Crippen LogP contribution in [0.4, 0.5) is 0 Å². The van der Waals surface area contributed by atoms with E-state index in [0.717, 1.165) is 10.9 Å². The molecule has 0 amide bonds. The molecule has 0 aliphatic carbocycles. The van der Waals surface area contributed by atoms with Crippen molar-refractivity contribution in [2.45, 2.75) is 93.4 Å². The Hall–Kier alpha value is -2.21. The summed E-state index contributed by atoms with van der Waals surface area (Å²) in [5.41, 5.74) is -0.354. The highest BCUT2D eigenvalue weighted by Gasteiger charge is 2.52. The van der Waals surface area contributed by atoms with Crippen LogP contribution in [0.25, 0.3) is 11.0 Å². The molecule has 2 aromatic rings. The number of ether oxygens (including phenoxy) is 5. The first-order valence-corrected chi connectivity index (χ1v) is 12.9. The van der Waals surface area contributed by atoms with Crippen molar-refractivity contribution in [2.75, 3.05) is 13.2 Å². The average molecular weight is 571 g/mol. The molecule has 0 spiro atoms. The van der Waals surface area contributed by atoms with Crippen LogP contribution in [0.1, 0.15) is 19.4 Å². The van der Waals surface area contributed by atoms with Gasteiger partial charge in [-0.25, -0.2) is 4.79 Å². The summed E-state index contributed by atoms with van der Waals surface area (Å²) < 4.78 is 34.0. The summed E-state index contributed by atoms with van der Waals surface area (Å²) in [6.07, 6.45) is -15.6. The van der Waals surface area contributed by atoms with Gasteiger partial charge in [-0.05, 0) is 31.5 Å². The van der Waals surface area contributed by atoms with Crippen LogP contribution in [0, 0.1) is 0 Å². The topological polar surface area (TPSA) is 218 Å². The lowest BCUT2D eigenvalue weighted by Gasteiger charge is -2.47. The van der Waals surface area contributed by atoms with E-state index in [9.17, 15) is 40.5 Å². The van der Waals surface area contributed by atoms with Gasteiger partial charge in [0, 0.05) is 23.9 Å². The Balaban J connectivity index is 1.27. The van der Waals surface area contributed by atoms with E-state index < -0.39 is 92.0 Å². The van der Waals surface area contributed by atoms with Crippen molar-refractivity contribution in [2.24, 2.45) is 0 Å². The van der Waals surface area contributed by atoms with E-state index in [1.54, 1.807) is 26.0 Å². The summed E-state index contributed by atoms with van der Waals surface area (Å²) in [7, 11) is 0. The van der Waals surface area contributed by atoms with Gasteiger partial charge >= 0.3 is 5.63 Å². The average Bonchev–Trinajstić information content (AvgIpc) is 3.35. The number of benzene rings is 1. The molecule has 0 bridgehead atoms. The van der Waals surface area contributed by atoms with Crippen LogP contribution in [0.2, 0.25) is 0 Å². The smallest absolute Gasteiger partial charge is 0.336 e. The lowest BCUT2D eigenvalue weighted by atomic mass is 9.94. The molecule has 4 heterocycles. The molecule has 3 aliphatic rings. The van der Waals surface area contributed by atoms with E-state index in [1.165, 1.54) is 6.07 Å². The maximum Gasteiger partial charge on any atom is 0.336 e. The molecular formula is C26H34O14. The zero-order chi connectivity index (χ0) is 28.9. The van der Waals surface area contributed by atoms with Crippen molar-refractivity contribution < 1.29 is 63.8 Å². The van der Waals surface area contributed by atoms with Crippen LogP contribution in [-0.4, -0.2) is 122 Å². The fourth-order valence-electron chi connectivity index (χ4n) is 5.22. The first-order valence-electron chi connectivity index (χ1n) is 12.9. The van der Waals surface area contributed by atoms with Crippen molar-refractivity contribution in [3.63, 3.8) is 0 Å². The molecule has 0 radical (unpaired) electrons. The molecule has 14 heteroatoms. The normalized spacial score (nSPS) is 38.3. The molecule has 1 aromatic carbocycles. The number of fused-ring (bicyclic) bond motifs is 2. The highest BCUT2D eigenvalue weighted by Crippen LogP contribution is 2.39. The van der Waals surface area contributed by atoms with Crippen LogP contribution in [0.3, 0.4) is 0 Å². The van der Waals surface area contributed by atoms with E-state index in [-0.39, 0.29) is 0 Å². The van der Waals surface area contributed by atoms with Gasteiger partial charge in [-0.15, -0.1) is 0 Å². The fourth-order valence-corrected chi connectivity index (χ4v) is 5.22. The standard InChI is InChI=1S/C26H34O14/c1-26(2,16-6-11-5-10-3-4-17(29)36-12(10)7-13(11)35-16)40-25-22(34)20(32)23(15(9-28)38-25)39-24-21(33)19(31)18(30)14(8-27)37-24/h3-5,7,14-16,18-25,27-28,30-34H,6,8-9H2,1-2H3/t14-,15-,16-,18-,19+,20-,21-,22-,23-,24-,25+/m1/s1. The van der Waals surface area contributed by atoms with Crippen molar-refractivity contribution in [3.8, 4) is 5.75 Å². The second kappa shape index (κ2) is 11.2. The van der Waals surface area contributed by atoms with Gasteiger partial charge in [-0.2, -0.15) is 0 Å². The summed E-state index contributed by atoms with van der Waals surface area (Å²) in [4.78, 5) is 11.6. The Kier molecular flexibility index (Phi) is 8.22. The number of rotatable bonds is 7. The van der Waals surface area contributed by atoms with Crippen LogP contribution in [0.5, 0.6) is 5.75 Å². The summed E-state index contributed by atoms with van der Waals surface area (Å²) in [6.45, 7) is 2.03. The fraction of sp³-hybridized carbons (Fsp3) is 0.654. The molecule has 2 saturated heterocycles. The van der Waals surface area contributed by atoms with Crippen LogP contribution in [0.15, 0.2) is 33.5 Å². The molecule has 2 fully saturated rings. The molecule has 14 nitrogen and oxygen atoms in total. The largest absolute Gasteiger partial charge is 0.487 e. The zero-order valence-electron chi connectivity index (χ0n) is 21.8. The van der Waals surface area contributed by atoms with Gasteiger partial charge in [0.2, 0.25) is 0 Å². The Morgan fingerprint density at radius 2 is 1.55 bits per heavy atom. The molecule has 0 unspecified atom stereocenters. The second-order valence-electron chi connectivity index (χ2n) is 10.8. The maximum atomic E-state index is 11.6. The Bertz CT molecular complexity index is 1240.